The Kier molecular flexibility index (Phi) is 3.00. The Morgan fingerprint density at radius 1 is 1.39 bits per heavy atom. The Morgan fingerprint density at radius 3 is 3.17 bits per heavy atom. The number of nitrogens with zero attached hydrogens (tertiary/aromatic N) is 3. The Hall–Kier alpha value is -1.84. The van der Waals surface area contributed by atoms with Gasteiger partial charge < -0.3 is 9.88 Å². The Morgan fingerprint density at radius 2 is 2.33 bits per heavy atom. The lowest BCUT2D eigenvalue weighted by molar-refractivity contribution is 0.617. The number of hydrogen-bond donors (Lipinski definition) is 1. The number of pyridine rings is 1. The van der Waals surface area contributed by atoms with Crippen molar-refractivity contribution >= 4 is 5.82 Å². The smallest absolute Gasteiger partial charge is 0.126 e. The van der Waals surface area contributed by atoms with Crippen molar-refractivity contribution in [3.8, 4) is 0 Å². The Labute approximate surface area is 107 Å². The van der Waals surface area contributed by atoms with Gasteiger partial charge in [-0.25, -0.2) is 9.97 Å². The molecule has 1 atom stereocenters. The molecule has 94 valence electrons. The summed E-state index contributed by atoms with van der Waals surface area (Å²) in [7, 11) is 0. The number of aryl methyl sites for hydroxylation is 2. The number of rotatable bonds is 4. The van der Waals surface area contributed by atoms with Crippen LogP contribution in [0.25, 0.3) is 0 Å². The van der Waals surface area contributed by atoms with E-state index < -0.39 is 0 Å². The molecule has 1 N–H and O–H groups in total. The van der Waals surface area contributed by atoms with E-state index in [2.05, 4.69) is 38.9 Å². The standard InChI is InChI=1S/C14H18N4/c1-11(9-18-8-7-15-10-18)16-14-6-5-12-3-2-4-13(12)17-14/h5-8,10-11H,2-4,9H2,1H3,(H,16,17). The minimum Gasteiger partial charge on any atom is -0.366 e. The largest absolute Gasteiger partial charge is 0.366 e. The molecule has 2 aromatic heterocycles. The highest BCUT2D eigenvalue weighted by Gasteiger charge is 2.13. The summed E-state index contributed by atoms with van der Waals surface area (Å²) in [5.74, 6) is 0.989. The van der Waals surface area contributed by atoms with Crippen LogP contribution in [0, 0.1) is 0 Å². The second-order valence-electron chi connectivity index (χ2n) is 4.96. The maximum Gasteiger partial charge on any atom is 0.126 e. The molecule has 4 heteroatoms. The number of fused-ring (bicyclic) bond motifs is 1. The summed E-state index contributed by atoms with van der Waals surface area (Å²) in [6.07, 6.45) is 9.19. The number of anilines is 1. The quantitative estimate of drug-likeness (QED) is 0.894. The lowest BCUT2D eigenvalue weighted by Gasteiger charge is -2.15. The predicted octanol–water partition coefficient (Wildman–Crippen LogP) is 2.27. The molecule has 1 aliphatic carbocycles. The first-order valence-electron chi connectivity index (χ1n) is 6.52. The zero-order valence-corrected chi connectivity index (χ0v) is 10.6. The third-order valence-corrected chi connectivity index (χ3v) is 3.37. The summed E-state index contributed by atoms with van der Waals surface area (Å²) in [6.45, 7) is 3.06. The van der Waals surface area contributed by atoms with Gasteiger partial charge in [-0.15, -0.1) is 0 Å². The molecule has 3 rings (SSSR count). The van der Waals surface area contributed by atoms with E-state index in [-0.39, 0.29) is 0 Å². The fourth-order valence-corrected chi connectivity index (χ4v) is 2.51. The van der Waals surface area contributed by atoms with Crippen LogP contribution in [0.15, 0.2) is 30.9 Å². The van der Waals surface area contributed by atoms with Crippen LogP contribution in [0.4, 0.5) is 5.82 Å². The summed E-state index contributed by atoms with van der Waals surface area (Å²) >= 11 is 0. The van der Waals surface area contributed by atoms with Gasteiger partial charge in [0.15, 0.2) is 0 Å². The van der Waals surface area contributed by atoms with Crippen molar-refractivity contribution in [1.82, 2.24) is 14.5 Å². The van der Waals surface area contributed by atoms with E-state index in [0.717, 1.165) is 18.8 Å². The van der Waals surface area contributed by atoms with Crippen molar-refractivity contribution in [3.05, 3.63) is 42.1 Å². The fourth-order valence-electron chi connectivity index (χ4n) is 2.51. The lowest BCUT2D eigenvalue weighted by Crippen LogP contribution is -2.22. The van der Waals surface area contributed by atoms with Crippen LogP contribution < -0.4 is 5.32 Å². The Bertz CT molecular complexity index is 519. The lowest BCUT2D eigenvalue weighted by atomic mass is 10.2. The Balaban J connectivity index is 1.65. The van der Waals surface area contributed by atoms with E-state index in [0.29, 0.717) is 6.04 Å². The van der Waals surface area contributed by atoms with Crippen LogP contribution in [0.3, 0.4) is 0 Å². The molecule has 4 nitrogen and oxygen atoms in total. The third kappa shape index (κ3) is 2.37. The van der Waals surface area contributed by atoms with Crippen molar-refractivity contribution < 1.29 is 0 Å². The number of hydrogen-bond acceptors (Lipinski definition) is 3. The highest BCUT2D eigenvalue weighted by atomic mass is 15.1. The van der Waals surface area contributed by atoms with Gasteiger partial charge in [0.25, 0.3) is 0 Å². The molecule has 0 aromatic carbocycles. The van der Waals surface area contributed by atoms with Crippen molar-refractivity contribution in [2.24, 2.45) is 0 Å². The average Bonchev–Trinajstić information content (AvgIpc) is 2.98. The fraction of sp³-hybridized carbons (Fsp3) is 0.429. The van der Waals surface area contributed by atoms with Gasteiger partial charge >= 0.3 is 0 Å². The molecule has 18 heavy (non-hydrogen) atoms. The highest BCUT2D eigenvalue weighted by molar-refractivity contribution is 5.41. The SMILES string of the molecule is CC(Cn1ccnc1)Nc1ccc2c(n1)CCC2. The van der Waals surface area contributed by atoms with Gasteiger partial charge in [0, 0.05) is 30.7 Å². The van der Waals surface area contributed by atoms with E-state index in [1.165, 1.54) is 24.1 Å². The van der Waals surface area contributed by atoms with Crippen LogP contribution in [0.1, 0.15) is 24.6 Å². The minimum absolute atomic E-state index is 0.339. The summed E-state index contributed by atoms with van der Waals surface area (Å²) in [5.41, 5.74) is 2.69. The molecular formula is C14H18N4. The molecule has 2 aromatic rings. The van der Waals surface area contributed by atoms with Crippen LogP contribution in [-0.2, 0) is 19.4 Å². The molecule has 0 fully saturated rings. The first kappa shape index (κ1) is 11.3. The molecule has 0 spiro atoms. The number of imidazole rings is 1. The van der Waals surface area contributed by atoms with Crippen molar-refractivity contribution in [3.63, 3.8) is 0 Å². The molecule has 2 heterocycles. The first-order chi connectivity index (χ1) is 8.81. The summed E-state index contributed by atoms with van der Waals surface area (Å²) in [6, 6.07) is 4.64. The van der Waals surface area contributed by atoms with Gasteiger partial charge in [-0.05, 0) is 37.8 Å². The third-order valence-electron chi connectivity index (χ3n) is 3.37. The monoisotopic (exact) mass is 242 g/mol. The summed E-state index contributed by atoms with van der Waals surface area (Å²) < 4.78 is 2.07. The zero-order chi connectivity index (χ0) is 12.4. The molecule has 0 saturated carbocycles. The van der Waals surface area contributed by atoms with Gasteiger partial charge in [0.2, 0.25) is 0 Å². The molecular weight excluding hydrogens is 224 g/mol. The second-order valence-corrected chi connectivity index (χ2v) is 4.96. The minimum atomic E-state index is 0.339. The van der Waals surface area contributed by atoms with Gasteiger partial charge in [-0.3, -0.25) is 0 Å². The van der Waals surface area contributed by atoms with Gasteiger partial charge in [0.05, 0.1) is 6.33 Å². The van der Waals surface area contributed by atoms with E-state index >= 15 is 0 Å². The predicted molar refractivity (Wildman–Crippen MR) is 71.6 cm³/mol. The zero-order valence-electron chi connectivity index (χ0n) is 10.6. The van der Waals surface area contributed by atoms with Crippen molar-refractivity contribution in [2.75, 3.05) is 5.32 Å². The van der Waals surface area contributed by atoms with Crippen molar-refractivity contribution in [2.45, 2.75) is 38.8 Å². The maximum atomic E-state index is 4.69. The molecule has 0 radical (unpaired) electrons. The number of nitrogens with one attached hydrogen (secondary N) is 1. The van der Waals surface area contributed by atoms with Crippen molar-refractivity contribution in [1.29, 1.82) is 0 Å². The number of aromatic nitrogens is 3. The van der Waals surface area contributed by atoms with Crippen LogP contribution >= 0.6 is 0 Å². The molecule has 1 unspecified atom stereocenters. The van der Waals surface area contributed by atoms with Crippen LogP contribution in [-0.4, -0.2) is 20.6 Å². The van der Waals surface area contributed by atoms with Gasteiger partial charge in [-0.2, -0.15) is 0 Å². The molecule has 0 saturated heterocycles. The maximum absolute atomic E-state index is 4.69. The van der Waals surface area contributed by atoms with E-state index in [1.807, 2.05) is 12.5 Å². The summed E-state index contributed by atoms with van der Waals surface area (Å²) in [5, 5.41) is 3.45. The molecule has 0 amide bonds. The molecule has 0 bridgehead atoms. The first-order valence-corrected chi connectivity index (χ1v) is 6.52. The van der Waals surface area contributed by atoms with E-state index in [9.17, 15) is 0 Å². The average molecular weight is 242 g/mol. The normalized spacial score (nSPS) is 15.4. The highest BCUT2D eigenvalue weighted by Crippen LogP contribution is 2.21. The van der Waals surface area contributed by atoms with E-state index in [1.54, 1.807) is 6.20 Å². The molecule has 1 aliphatic rings. The van der Waals surface area contributed by atoms with Gasteiger partial charge in [0.1, 0.15) is 5.82 Å². The second kappa shape index (κ2) is 4.80. The molecule has 0 aliphatic heterocycles. The van der Waals surface area contributed by atoms with Gasteiger partial charge in [-0.1, -0.05) is 6.07 Å². The van der Waals surface area contributed by atoms with Crippen LogP contribution in [0.2, 0.25) is 0 Å². The topological polar surface area (TPSA) is 42.7 Å². The summed E-state index contributed by atoms with van der Waals surface area (Å²) in [4.78, 5) is 8.74. The van der Waals surface area contributed by atoms with Crippen LogP contribution in [0.5, 0.6) is 0 Å². The van der Waals surface area contributed by atoms with E-state index in [4.69, 9.17) is 0 Å².